The third-order valence-corrected chi connectivity index (χ3v) is 3.46. The molecule has 2 rings (SSSR count). The van der Waals surface area contributed by atoms with Crippen LogP contribution in [0.4, 0.5) is 0 Å². The summed E-state index contributed by atoms with van der Waals surface area (Å²) in [5.74, 6) is 0. The fraction of sp³-hybridized carbons (Fsp3) is 0.0769. The highest BCUT2D eigenvalue weighted by Crippen LogP contribution is 2.20. The lowest BCUT2D eigenvalue weighted by atomic mass is 10.1. The minimum Gasteiger partial charge on any atom is -0.224 e. The predicted molar refractivity (Wildman–Crippen MR) is 63.8 cm³/mol. The van der Waals surface area contributed by atoms with Crippen LogP contribution >= 0.6 is 0 Å². The van der Waals surface area contributed by atoms with Gasteiger partial charge >= 0.3 is 0 Å². The highest BCUT2D eigenvalue weighted by Gasteiger charge is 2.06. The Morgan fingerprint density at radius 3 is 1.88 bits per heavy atom. The highest BCUT2D eigenvalue weighted by molar-refractivity contribution is 7.90. The Bertz CT molecular complexity index is 569. The van der Waals surface area contributed by atoms with E-state index < -0.39 is 9.84 Å². The lowest BCUT2D eigenvalue weighted by molar-refractivity contribution is 0.602. The molecule has 0 unspecified atom stereocenters. The van der Waals surface area contributed by atoms with Crippen molar-refractivity contribution in [1.82, 2.24) is 0 Å². The van der Waals surface area contributed by atoms with Crippen LogP contribution in [-0.4, -0.2) is 14.7 Å². The van der Waals surface area contributed by atoms with Crippen LogP contribution in [0.25, 0.3) is 11.1 Å². The summed E-state index contributed by atoms with van der Waals surface area (Å²) >= 11 is 0. The van der Waals surface area contributed by atoms with Crippen molar-refractivity contribution in [1.29, 1.82) is 0 Å². The molecular weight excluding hydrogens is 220 g/mol. The van der Waals surface area contributed by atoms with E-state index >= 15 is 0 Å². The minimum atomic E-state index is -3.11. The molecule has 0 N–H and O–H groups in total. The molecule has 1 radical (unpaired) electrons. The molecule has 0 amide bonds. The van der Waals surface area contributed by atoms with Crippen molar-refractivity contribution < 1.29 is 8.42 Å². The van der Waals surface area contributed by atoms with E-state index in [0.29, 0.717) is 4.90 Å². The van der Waals surface area contributed by atoms with Gasteiger partial charge in [0.15, 0.2) is 9.84 Å². The molecule has 2 aromatic carbocycles. The summed E-state index contributed by atoms with van der Waals surface area (Å²) in [7, 11) is -3.11. The van der Waals surface area contributed by atoms with Crippen LogP contribution in [0.1, 0.15) is 0 Å². The van der Waals surface area contributed by atoms with E-state index in [1.165, 1.54) is 6.26 Å². The number of sulfone groups is 1. The van der Waals surface area contributed by atoms with Crippen molar-refractivity contribution in [2.24, 2.45) is 0 Å². The van der Waals surface area contributed by atoms with Gasteiger partial charge in [-0.2, -0.15) is 0 Å². The topological polar surface area (TPSA) is 34.1 Å². The maximum Gasteiger partial charge on any atom is 0.175 e. The maximum atomic E-state index is 11.3. The van der Waals surface area contributed by atoms with Gasteiger partial charge in [0, 0.05) is 6.26 Å². The van der Waals surface area contributed by atoms with Gasteiger partial charge in [-0.05, 0) is 29.3 Å². The summed E-state index contributed by atoms with van der Waals surface area (Å²) in [6, 6.07) is 17.4. The standard InChI is InChI=1S/C13H11O2S/c1-16(14,15)13-9-7-12(8-10-13)11-5-3-2-4-6-11/h3-10H,1H3. The molecule has 0 saturated carbocycles. The van der Waals surface area contributed by atoms with Crippen LogP contribution in [0.3, 0.4) is 0 Å². The molecule has 0 aromatic heterocycles. The average molecular weight is 231 g/mol. The smallest absolute Gasteiger partial charge is 0.175 e. The van der Waals surface area contributed by atoms with E-state index in [0.717, 1.165) is 11.1 Å². The van der Waals surface area contributed by atoms with Gasteiger partial charge in [0.2, 0.25) is 0 Å². The molecule has 0 bridgehead atoms. The van der Waals surface area contributed by atoms with Gasteiger partial charge in [-0.25, -0.2) is 8.42 Å². The lowest BCUT2D eigenvalue weighted by Gasteiger charge is -2.02. The largest absolute Gasteiger partial charge is 0.224 e. The zero-order valence-electron chi connectivity index (χ0n) is 8.84. The Morgan fingerprint density at radius 1 is 0.875 bits per heavy atom. The minimum absolute atomic E-state index is 0.346. The molecule has 81 valence electrons. The molecule has 0 fully saturated rings. The lowest BCUT2D eigenvalue weighted by Crippen LogP contribution is -1.96. The van der Waals surface area contributed by atoms with Gasteiger partial charge in [0.05, 0.1) is 4.90 Å². The molecule has 2 aromatic rings. The fourth-order valence-electron chi connectivity index (χ4n) is 1.47. The molecule has 0 aliphatic rings. The Labute approximate surface area is 95.5 Å². The summed E-state index contributed by atoms with van der Waals surface area (Å²) < 4.78 is 22.6. The summed E-state index contributed by atoms with van der Waals surface area (Å²) in [5, 5.41) is 0. The summed E-state index contributed by atoms with van der Waals surface area (Å²) in [6.07, 6.45) is 1.21. The van der Waals surface area contributed by atoms with Crippen LogP contribution < -0.4 is 0 Å². The first-order valence-electron chi connectivity index (χ1n) is 4.84. The van der Waals surface area contributed by atoms with Crippen LogP contribution in [0, 0.1) is 6.07 Å². The van der Waals surface area contributed by atoms with Gasteiger partial charge in [-0.3, -0.25) is 0 Å². The van der Waals surface area contributed by atoms with Crippen molar-refractivity contribution in [3.8, 4) is 11.1 Å². The van der Waals surface area contributed by atoms with Crippen molar-refractivity contribution in [2.75, 3.05) is 6.26 Å². The molecule has 2 nitrogen and oxygen atoms in total. The summed E-state index contributed by atoms with van der Waals surface area (Å²) in [6.45, 7) is 0. The van der Waals surface area contributed by atoms with Gasteiger partial charge in [-0.15, -0.1) is 0 Å². The van der Waals surface area contributed by atoms with Crippen molar-refractivity contribution in [2.45, 2.75) is 4.90 Å². The predicted octanol–water partition coefficient (Wildman–Crippen LogP) is 2.56. The third kappa shape index (κ3) is 2.31. The second-order valence-electron chi connectivity index (χ2n) is 3.59. The Balaban J connectivity index is 2.41. The number of hydrogen-bond acceptors (Lipinski definition) is 2. The van der Waals surface area contributed by atoms with Crippen molar-refractivity contribution in [3.05, 3.63) is 54.6 Å². The fourth-order valence-corrected chi connectivity index (χ4v) is 2.10. The SMILES string of the molecule is CS(=O)(=O)c1ccc(-c2cc[c]cc2)cc1. The number of rotatable bonds is 2. The molecular formula is C13H11O2S. The van der Waals surface area contributed by atoms with Gasteiger partial charge in [0.25, 0.3) is 0 Å². The van der Waals surface area contributed by atoms with E-state index in [2.05, 4.69) is 6.07 Å². The van der Waals surface area contributed by atoms with Gasteiger partial charge < -0.3 is 0 Å². The van der Waals surface area contributed by atoms with Crippen LogP contribution in [0.5, 0.6) is 0 Å². The third-order valence-electron chi connectivity index (χ3n) is 2.33. The molecule has 0 aliphatic heterocycles. The molecule has 0 spiro atoms. The van der Waals surface area contributed by atoms with Gasteiger partial charge in [0.1, 0.15) is 0 Å². The van der Waals surface area contributed by atoms with E-state index in [-0.39, 0.29) is 0 Å². The zero-order chi connectivity index (χ0) is 11.6. The first-order valence-corrected chi connectivity index (χ1v) is 6.73. The molecule has 0 saturated heterocycles. The molecule has 0 heterocycles. The Kier molecular flexibility index (Phi) is 2.79. The number of benzene rings is 2. The Hall–Kier alpha value is -1.61. The van der Waals surface area contributed by atoms with Crippen LogP contribution in [0.2, 0.25) is 0 Å². The van der Waals surface area contributed by atoms with E-state index in [1.54, 1.807) is 12.1 Å². The van der Waals surface area contributed by atoms with E-state index in [4.69, 9.17) is 0 Å². The van der Waals surface area contributed by atoms with E-state index in [1.807, 2.05) is 36.4 Å². The van der Waals surface area contributed by atoms with Gasteiger partial charge in [-0.1, -0.05) is 36.4 Å². The highest BCUT2D eigenvalue weighted by atomic mass is 32.2. The normalized spacial score (nSPS) is 11.3. The van der Waals surface area contributed by atoms with E-state index in [9.17, 15) is 8.42 Å². The summed E-state index contributed by atoms with van der Waals surface area (Å²) in [5.41, 5.74) is 2.06. The zero-order valence-corrected chi connectivity index (χ0v) is 9.66. The Morgan fingerprint density at radius 2 is 1.38 bits per heavy atom. The van der Waals surface area contributed by atoms with Crippen molar-refractivity contribution >= 4 is 9.84 Å². The molecule has 3 heteroatoms. The average Bonchev–Trinajstić information content (AvgIpc) is 2.29. The molecule has 0 aliphatic carbocycles. The van der Waals surface area contributed by atoms with Crippen LogP contribution in [-0.2, 0) is 9.84 Å². The quantitative estimate of drug-likeness (QED) is 0.796. The van der Waals surface area contributed by atoms with Crippen molar-refractivity contribution in [3.63, 3.8) is 0 Å². The second kappa shape index (κ2) is 4.10. The maximum absolute atomic E-state index is 11.3. The monoisotopic (exact) mass is 231 g/mol. The summed E-state index contributed by atoms with van der Waals surface area (Å²) in [4.78, 5) is 0.346. The first kappa shape index (κ1) is 10.9. The van der Waals surface area contributed by atoms with Crippen LogP contribution in [0.15, 0.2) is 53.4 Å². The first-order chi connectivity index (χ1) is 7.57. The molecule has 0 atom stereocenters. The second-order valence-corrected chi connectivity index (χ2v) is 5.60. The number of hydrogen-bond donors (Lipinski definition) is 0. The molecule has 16 heavy (non-hydrogen) atoms.